The van der Waals surface area contributed by atoms with Crippen LogP contribution in [0.5, 0.6) is 0 Å². The van der Waals surface area contributed by atoms with Gasteiger partial charge in [-0.05, 0) is 48.5 Å². The number of benzene rings is 3. The molecule has 0 amide bonds. The van der Waals surface area contributed by atoms with Gasteiger partial charge in [-0.15, -0.1) is 0 Å². The second kappa shape index (κ2) is 11.5. The molecular formula is C26H21NO3S. The molecule has 0 saturated heterocycles. The lowest BCUT2D eigenvalue weighted by Crippen LogP contribution is -2.15. The SMILES string of the molecule is CC(=O)ON=C(CCC#Cc1ccccc1)C(=O)c1ccc(Sc2ccccc2)cc1. The van der Waals surface area contributed by atoms with Crippen molar-refractivity contribution in [2.45, 2.75) is 29.6 Å². The molecule has 3 aromatic carbocycles. The van der Waals surface area contributed by atoms with Crippen molar-refractivity contribution in [2.75, 3.05) is 0 Å². The minimum Gasteiger partial charge on any atom is -0.318 e. The Morgan fingerprint density at radius 3 is 2.13 bits per heavy atom. The Kier molecular flexibility index (Phi) is 8.21. The Balaban J connectivity index is 1.68. The zero-order valence-corrected chi connectivity index (χ0v) is 17.9. The van der Waals surface area contributed by atoms with Crippen LogP contribution in [0.15, 0.2) is 99.9 Å². The summed E-state index contributed by atoms with van der Waals surface area (Å²) >= 11 is 1.62. The van der Waals surface area contributed by atoms with Gasteiger partial charge in [-0.25, -0.2) is 4.79 Å². The first-order valence-corrected chi connectivity index (χ1v) is 10.6. The summed E-state index contributed by atoms with van der Waals surface area (Å²) in [5.74, 6) is 5.23. The Labute approximate surface area is 186 Å². The highest BCUT2D eigenvalue weighted by molar-refractivity contribution is 7.99. The first kappa shape index (κ1) is 22.1. The molecule has 0 radical (unpaired) electrons. The van der Waals surface area contributed by atoms with Crippen LogP contribution in [0.2, 0.25) is 0 Å². The lowest BCUT2D eigenvalue weighted by atomic mass is 10.0. The fourth-order valence-corrected chi connectivity index (χ4v) is 3.49. The third kappa shape index (κ3) is 7.29. The van der Waals surface area contributed by atoms with Gasteiger partial charge in [0.05, 0.1) is 0 Å². The van der Waals surface area contributed by atoms with E-state index in [-0.39, 0.29) is 17.9 Å². The number of carbonyl (C=O) groups excluding carboxylic acids is 2. The van der Waals surface area contributed by atoms with Gasteiger partial charge in [-0.3, -0.25) is 4.79 Å². The summed E-state index contributed by atoms with van der Waals surface area (Å²) in [6.07, 6.45) is 0.704. The highest BCUT2D eigenvalue weighted by Crippen LogP contribution is 2.27. The molecule has 4 nitrogen and oxygen atoms in total. The molecule has 0 aliphatic rings. The lowest BCUT2D eigenvalue weighted by molar-refractivity contribution is -0.140. The maximum Gasteiger partial charge on any atom is 0.331 e. The van der Waals surface area contributed by atoms with Crippen LogP contribution in [0.1, 0.15) is 35.7 Å². The number of ketones is 1. The van der Waals surface area contributed by atoms with E-state index in [4.69, 9.17) is 4.84 Å². The van der Waals surface area contributed by atoms with Gasteiger partial charge in [-0.2, -0.15) is 0 Å². The van der Waals surface area contributed by atoms with Crippen LogP contribution >= 0.6 is 11.8 Å². The van der Waals surface area contributed by atoms with Crippen LogP contribution in [-0.4, -0.2) is 17.5 Å². The number of nitrogens with zero attached hydrogens (tertiary/aromatic N) is 1. The van der Waals surface area contributed by atoms with Crippen molar-refractivity contribution in [3.8, 4) is 11.8 Å². The van der Waals surface area contributed by atoms with Crippen LogP contribution in [0.3, 0.4) is 0 Å². The second-order valence-corrected chi connectivity index (χ2v) is 7.70. The smallest absolute Gasteiger partial charge is 0.318 e. The van der Waals surface area contributed by atoms with Gasteiger partial charge in [-0.1, -0.05) is 65.2 Å². The summed E-state index contributed by atoms with van der Waals surface area (Å²) < 4.78 is 0. The van der Waals surface area contributed by atoms with E-state index in [1.165, 1.54) is 6.92 Å². The Morgan fingerprint density at radius 2 is 1.48 bits per heavy atom. The van der Waals surface area contributed by atoms with Gasteiger partial charge >= 0.3 is 5.97 Å². The van der Waals surface area contributed by atoms with E-state index in [2.05, 4.69) is 17.0 Å². The number of oxime groups is 1. The average molecular weight is 428 g/mol. The number of rotatable bonds is 7. The van der Waals surface area contributed by atoms with Crippen molar-refractivity contribution in [3.63, 3.8) is 0 Å². The fraction of sp³-hybridized carbons (Fsp3) is 0.115. The van der Waals surface area contributed by atoms with E-state index in [0.717, 1.165) is 15.4 Å². The summed E-state index contributed by atoms with van der Waals surface area (Å²) in [6.45, 7) is 1.25. The lowest BCUT2D eigenvalue weighted by Gasteiger charge is -2.06. The van der Waals surface area contributed by atoms with E-state index in [0.29, 0.717) is 12.0 Å². The Morgan fingerprint density at radius 1 is 0.871 bits per heavy atom. The van der Waals surface area contributed by atoms with Crippen LogP contribution in [-0.2, 0) is 9.63 Å². The minimum absolute atomic E-state index is 0.168. The van der Waals surface area contributed by atoms with Gasteiger partial charge in [0.1, 0.15) is 5.71 Å². The Hall–Kier alpha value is -3.62. The zero-order chi connectivity index (χ0) is 21.9. The van der Waals surface area contributed by atoms with Crippen molar-refractivity contribution in [2.24, 2.45) is 5.16 Å². The first-order valence-electron chi connectivity index (χ1n) is 9.78. The van der Waals surface area contributed by atoms with Crippen LogP contribution < -0.4 is 0 Å². The predicted molar refractivity (Wildman–Crippen MR) is 123 cm³/mol. The summed E-state index contributed by atoms with van der Waals surface area (Å²) in [7, 11) is 0. The zero-order valence-electron chi connectivity index (χ0n) is 17.1. The van der Waals surface area contributed by atoms with E-state index >= 15 is 0 Å². The standard InChI is InChI=1S/C26H21NO3S/c1-20(28)30-27-25(15-9-8-12-21-10-4-2-5-11-21)26(29)22-16-18-24(19-17-22)31-23-13-6-3-7-14-23/h2-7,10-11,13-14,16-19H,9,15H2,1H3. The number of hydrogen-bond donors (Lipinski definition) is 0. The maximum absolute atomic E-state index is 12.9. The summed E-state index contributed by atoms with van der Waals surface area (Å²) in [6, 6.07) is 26.9. The van der Waals surface area contributed by atoms with Crippen molar-refractivity contribution >= 4 is 29.2 Å². The third-order valence-electron chi connectivity index (χ3n) is 4.14. The van der Waals surface area contributed by atoms with Gasteiger partial charge in [0, 0.05) is 40.7 Å². The average Bonchev–Trinajstić information content (AvgIpc) is 2.80. The van der Waals surface area contributed by atoms with E-state index in [1.54, 1.807) is 23.9 Å². The van der Waals surface area contributed by atoms with Gasteiger partial charge < -0.3 is 4.84 Å². The molecule has 3 aromatic rings. The third-order valence-corrected chi connectivity index (χ3v) is 5.15. The summed E-state index contributed by atoms with van der Waals surface area (Å²) in [4.78, 5) is 31.0. The quantitative estimate of drug-likeness (QED) is 0.158. The van der Waals surface area contributed by atoms with Crippen molar-refractivity contribution in [1.29, 1.82) is 0 Å². The molecule has 0 heterocycles. The monoisotopic (exact) mass is 427 g/mol. The highest BCUT2D eigenvalue weighted by atomic mass is 32.2. The molecule has 0 atom stereocenters. The summed E-state index contributed by atoms with van der Waals surface area (Å²) in [5.41, 5.74) is 1.55. The number of hydrogen-bond acceptors (Lipinski definition) is 5. The summed E-state index contributed by atoms with van der Waals surface area (Å²) in [5, 5.41) is 3.78. The molecule has 5 heteroatoms. The van der Waals surface area contributed by atoms with Gasteiger partial charge in [0.25, 0.3) is 0 Å². The van der Waals surface area contributed by atoms with Crippen molar-refractivity contribution < 1.29 is 14.4 Å². The second-order valence-electron chi connectivity index (χ2n) is 6.56. The Bertz CT molecular complexity index is 1110. The highest BCUT2D eigenvalue weighted by Gasteiger charge is 2.15. The van der Waals surface area contributed by atoms with Crippen LogP contribution in [0.25, 0.3) is 0 Å². The van der Waals surface area contributed by atoms with E-state index < -0.39 is 5.97 Å². The predicted octanol–water partition coefficient (Wildman–Crippen LogP) is 5.77. The minimum atomic E-state index is -0.574. The molecule has 0 N–H and O–H groups in total. The topological polar surface area (TPSA) is 55.7 Å². The number of carbonyl (C=O) groups is 2. The molecule has 0 aromatic heterocycles. The molecule has 0 bridgehead atoms. The van der Waals surface area contributed by atoms with Gasteiger partial charge in [0.2, 0.25) is 5.78 Å². The maximum atomic E-state index is 12.9. The molecule has 0 aliphatic heterocycles. The molecule has 0 unspecified atom stereocenters. The van der Waals surface area contributed by atoms with Crippen molar-refractivity contribution in [1.82, 2.24) is 0 Å². The van der Waals surface area contributed by atoms with E-state index in [1.807, 2.05) is 72.8 Å². The fourth-order valence-electron chi connectivity index (χ4n) is 2.65. The van der Waals surface area contributed by atoms with E-state index in [9.17, 15) is 9.59 Å². The molecule has 0 spiro atoms. The molecule has 31 heavy (non-hydrogen) atoms. The first-order chi connectivity index (χ1) is 15.1. The normalized spacial score (nSPS) is 10.7. The van der Waals surface area contributed by atoms with Crippen LogP contribution in [0.4, 0.5) is 0 Å². The molecule has 3 rings (SSSR count). The van der Waals surface area contributed by atoms with Crippen molar-refractivity contribution in [3.05, 3.63) is 96.1 Å². The molecule has 0 saturated carbocycles. The van der Waals surface area contributed by atoms with Crippen LogP contribution in [0, 0.1) is 11.8 Å². The molecule has 154 valence electrons. The molecular weight excluding hydrogens is 406 g/mol. The largest absolute Gasteiger partial charge is 0.331 e. The molecule has 0 aliphatic carbocycles. The number of Topliss-reactive ketones (excluding diaryl/α,β-unsaturated/α-hetero) is 1. The molecule has 0 fully saturated rings. The van der Waals surface area contributed by atoms with Gasteiger partial charge in [0.15, 0.2) is 0 Å².